The normalized spacial score (nSPS) is 27.2. The summed E-state index contributed by atoms with van der Waals surface area (Å²) in [7, 11) is 0. The summed E-state index contributed by atoms with van der Waals surface area (Å²) >= 11 is 0. The van der Waals surface area contributed by atoms with Gasteiger partial charge in [0.2, 0.25) is 5.92 Å². The largest absolute Gasteiger partial charge is 0.481 e. The highest BCUT2D eigenvalue weighted by atomic mass is 19.3. The SMILES string of the molecule is CC(C)(C)OC(=O)N1CC2(C1)CC(F)(F)C[C@@H]2C(=O)O. The van der Waals surface area contributed by atoms with Gasteiger partial charge in [-0.05, 0) is 20.8 Å². The fourth-order valence-electron chi connectivity index (χ4n) is 3.08. The Kier molecular flexibility index (Phi) is 3.22. The highest BCUT2D eigenvalue weighted by molar-refractivity contribution is 5.74. The number of ether oxygens (including phenoxy) is 1. The first kappa shape index (κ1) is 15.0. The highest BCUT2D eigenvalue weighted by Crippen LogP contribution is 2.56. The Morgan fingerprint density at radius 2 is 1.85 bits per heavy atom. The third-order valence-corrected chi connectivity index (χ3v) is 3.81. The van der Waals surface area contributed by atoms with Crippen LogP contribution in [0.3, 0.4) is 0 Å². The molecule has 2 rings (SSSR count). The lowest BCUT2D eigenvalue weighted by atomic mass is 9.71. The molecule has 7 heteroatoms. The van der Waals surface area contributed by atoms with E-state index in [2.05, 4.69) is 0 Å². The van der Waals surface area contributed by atoms with E-state index in [9.17, 15) is 18.4 Å². The molecule has 0 aromatic carbocycles. The lowest BCUT2D eigenvalue weighted by Gasteiger charge is -2.49. The van der Waals surface area contributed by atoms with Crippen LogP contribution in [0.5, 0.6) is 0 Å². The van der Waals surface area contributed by atoms with Crippen molar-refractivity contribution in [1.82, 2.24) is 4.90 Å². The van der Waals surface area contributed by atoms with Gasteiger partial charge < -0.3 is 14.7 Å². The van der Waals surface area contributed by atoms with Crippen LogP contribution < -0.4 is 0 Å². The Balaban J connectivity index is 2.03. The number of carboxylic acid groups (broad SMARTS) is 1. The van der Waals surface area contributed by atoms with Crippen molar-refractivity contribution in [3.05, 3.63) is 0 Å². The number of halogens is 2. The van der Waals surface area contributed by atoms with Gasteiger partial charge in [-0.1, -0.05) is 0 Å². The molecule has 2 aliphatic rings. The number of hydrogen-bond donors (Lipinski definition) is 1. The molecule has 20 heavy (non-hydrogen) atoms. The van der Waals surface area contributed by atoms with E-state index in [1.807, 2.05) is 0 Å². The number of nitrogens with zero attached hydrogens (tertiary/aromatic N) is 1. The molecule has 1 aliphatic heterocycles. The molecule has 1 amide bonds. The molecule has 0 bridgehead atoms. The van der Waals surface area contributed by atoms with Crippen molar-refractivity contribution in [2.75, 3.05) is 13.1 Å². The van der Waals surface area contributed by atoms with Crippen LogP contribution in [-0.4, -0.2) is 46.7 Å². The van der Waals surface area contributed by atoms with Crippen molar-refractivity contribution >= 4 is 12.1 Å². The van der Waals surface area contributed by atoms with Crippen molar-refractivity contribution < 1.29 is 28.2 Å². The first-order valence-corrected chi connectivity index (χ1v) is 6.53. The van der Waals surface area contributed by atoms with Gasteiger partial charge in [0, 0.05) is 31.3 Å². The van der Waals surface area contributed by atoms with E-state index in [1.165, 1.54) is 4.90 Å². The fraction of sp³-hybridized carbons (Fsp3) is 0.846. The van der Waals surface area contributed by atoms with E-state index >= 15 is 0 Å². The van der Waals surface area contributed by atoms with Crippen molar-refractivity contribution in [1.29, 1.82) is 0 Å². The Labute approximate surface area is 115 Å². The second-order valence-electron chi connectivity index (χ2n) is 6.83. The first-order chi connectivity index (χ1) is 8.94. The van der Waals surface area contributed by atoms with E-state index in [4.69, 9.17) is 9.84 Å². The number of likely N-dealkylation sites (tertiary alicyclic amines) is 1. The van der Waals surface area contributed by atoms with E-state index < -0.39 is 47.8 Å². The van der Waals surface area contributed by atoms with Gasteiger partial charge in [0.05, 0.1) is 5.92 Å². The summed E-state index contributed by atoms with van der Waals surface area (Å²) in [6, 6.07) is 0. The molecule has 0 aromatic rings. The molecule has 1 atom stereocenters. The molecule has 2 fully saturated rings. The van der Waals surface area contributed by atoms with Gasteiger partial charge in [-0.3, -0.25) is 4.79 Å². The Hall–Kier alpha value is -1.40. The summed E-state index contributed by atoms with van der Waals surface area (Å²) in [6.07, 6.45) is -1.71. The summed E-state index contributed by atoms with van der Waals surface area (Å²) in [5.74, 6) is -5.29. The Morgan fingerprint density at radius 1 is 1.30 bits per heavy atom. The Morgan fingerprint density at radius 3 is 2.30 bits per heavy atom. The minimum Gasteiger partial charge on any atom is -0.481 e. The minimum absolute atomic E-state index is 0.0223. The van der Waals surface area contributed by atoms with Gasteiger partial charge in [0.1, 0.15) is 5.60 Å². The molecule has 114 valence electrons. The molecule has 1 N–H and O–H groups in total. The molecule has 5 nitrogen and oxygen atoms in total. The molecule has 1 heterocycles. The van der Waals surface area contributed by atoms with Gasteiger partial charge in [-0.2, -0.15) is 0 Å². The van der Waals surface area contributed by atoms with Gasteiger partial charge in [-0.25, -0.2) is 13.6 Å². The average molecular weight is 291 g/mol. The second-order valence-corrected chi connectivity index (χ2v) is 6.83. The van der Waals surface area contributed by atoms with Gasteiger partial charge in [-0.15, -0.1) is 0 Å². The van der Waals surface area contributed by atoms with Crippen LogP contribution in [0.15, 0.2) is 0 Å². The molecule has 1 saturated carbocycles. The predicted molar refractivity (Wildman–Crippen MR) is 65.5 cm³/mol. The third-order valence-electron chi connectivity index (χ3n) is 3.81. The molecule has 1 aliphatic carbocycles. The van der Waals surface area contributed by atoms with Gasteiger partial charge >= 0.3 is 12.1 Å². The molecule has 0 radical (unpaired) electrons. The topological polar surface area (TPSA) is 66.8 Å². The standard InChI is InChI=1S/C13H19F2NO4/c1-11(2,3)20-10(19)16-6-12(7-16)5-13(14,15)4-8(12)9(17)18/h8H,4-7H2,1-3H3,(H,17,18)/t8-/m1/s1. The molecular weight excluding hydrogens is 272 g/mol. The highest BCUT2D eigenvalue weighted by Gasteiger charge is 2.64. The van der Waals surface area contributed by atoms with E-state index in [0.29, 0.717) is 0 Å². The van der Waals surface area contributed by atoms with Crippen LogP contribution in [0, 0.1) is 11.3 Å². The van der Waals surface area contributed by atoms with Crippen molar-refractivity contribution in [3.63, 3.8) is 0 Å². The predicted octanol–water partition coefficient (Wildman–Crippen LogP) is 2.35. The van der Waals surface area contributed by atoms with E-state index in [-0.39, 0.29) is 13.1 Å². The Bertz CT molecular complexity index is 438. The zero-order valence-corrected chi connectivity index (χ0v) is 11.8. The summed E-state index contributed by atoms with van der Waals surface area (Å²) < 4.78 is 32.1. The maximum Gasteiger partial charge on any atom is 0.410 e. The van der Waals surface area contributed by atoms with Gasteiger partial charge in [0.15, 0.2) is 0 Å². The average Bonchev–Trinajstić information content (AvgIpc) is 2.45. The van der Waals surface area contributed by atoms with Crippen LogP contribution in [0.25, 0.3) is 0 Å². The van der Waals surface area contributed by atoms with Crippen LogP contribution >= 0.6 is 0 Å². The summed E-state index contributed by atoms with van der Waals surface area (Å²) in [4.78, 5) is 24.2. The maximum atomic E-state index is 13.5. The number of alkyl halides is 2. The van der Waals surface area contributed by atoms with Crippen molar-refractivity contribution in [3.8, 4) is 0 Å². The lowest BCUT2D eigenvalue weighted by molar-refractivity contribution is -0.150. The van der Waals surface area contributed by atoms with Crippen molar-refractivity contribution in [2.24, 2.45) is 11.3 Å². The zero-order chi connectivity index (χ0) is 15.3. The number of rotatable bonds is 1. The van der Waals surface area contributed by atoms with Crippen LogP contribution in [0.2, 0.25) is 0 Å². The zero-order valence-electron chi connectivity index (χ0n) is 11.8. The van der Waals surface area contributed by atoms with E-state index in [1.54, 1.807) is 20.8 Å². The van der Waals surface area contributed by atoms with Gasteiger partial charge in [0.25, 0.3) is 0 Å². The molecule has 0 unspecified atom stereocenters. The van der Waals surface area contributed by atoms with Crippen LogP contribution in [0.4, 0.5) is 13.6 Å². The molecule has 1 saturated heterocycles. The second kappa shape index (κ2) is 4.30. The smallest absolute Gasteiger partial charge is 0.410 e. The molecular formula is C13H19F2NO4. The summed E-state index contributed by atoms with van der Waals surface area (Å²) in [6.45, 7) is 5.18. The van der Waals surface area contributed by atoms with E-state index in [0.717, 1.165) is 0 Å². The minimum atomic E-state index is -2.97. The fourth-order valence-corrected chi connectivity index (χ4v) is 3.08. The summed E-state index contributed by atoms with van der Waals surface area (Å²) in [5.41, 5.74) is -1.67. The quantitative estimate of drug-likeness (QED) is 0.805. The number of hydrogen-bond acceptors (Lipinski definition) is 3. The van der Waals surface area contributed by atoms with Crippen molar-refractivity contribution in [2.45, 2.75) is 45.1 Å². The third kappa shape index (κ3) is 2.71. The number of carboxylic acids is 1. The first-order valence-electron chi connectivity index (χ1n) is 6.53. The summed E-state index contributed by atoms with van der Waals surface area (Å²) in [5, 5.41) is 9.09. The van der Waals surface area contributed by atoms with Crippen LogP contribution in [-0.2, 0) is 9.53 Å². The molecule has 1 spiro atoms. The monoisotopic (exact) mass is 291 g/mol. The number of carbonyl (C=O) groups is 2. The maximum absolute atomic E-state index is 13.5. The van der Waals surface area contributed by atoms with Crippen LogP contribution in [0.1, 0.15) is 33.6 Å². The number of aliphatic carboxylic acids is 1. The lowest BCUT2D eigenvalue weighted by Crippen LogP contribution is -2.62. The molecule has 0 aromatic heterocycles. The number of amides is 1. The number of carbonyl (C=O) groups excluding carboxylic acids is 1.